The van der Waals surface area contributed by atoms with Crippen LogP contribution in [-0.2, 0) is 23.8 Å². The van der Waals surface area contributed by atoms with Gasteiger partial charge in [-0.3, -0.25) is 4.89 Å². The third-order valence-electron chi connectivity index (χ3n) is 5.10. The molecule has 0 saturated carbocycles. The monoisotopic (exact) mass is 543 g/mol. The van der Waals surface area contributed by atoms with Crippen LogP contribution in [-0.4, -0.2) is 25.8 Å². The third-order valence-corrected chi connectivity index (χ3v) is 7.22. The summed E-state index contributed by atoms with van der Waals surface area (Å²) in [5.41, 5.74) is 0.221. The molecule has 194 valence electrons. The van der Waals surface area contributed by atoms with Gasteiger partial charge in [0.25, 0.3) is 0 Å². The number of benzene rings is 3. The average Bonchev–Trinajstić information content (AvgIpc) is 2.99. The molecule has 2 atom stereocenters. The van der Waals surface area contributed by atoms with Gasteiger partial charge in [0.2, 0.25) is 0 Å². The van der Waals surface area contributed by atoms with Crippen LogP contribution in [0.1, 0.15) is 27.0 Å². The van der Waals surface area contributed by atoms with E-state index < -0.39 is 27.2 Å². The maximum atomic E-state index is 12.7. The first-order chi connectivity index (χ1) is 15.5. The molecule has 3 aromatic rings. The van der Waals surface area contributed by atoms with E-state index in [0.29, 0.717) is 22.3 Å². The van der Waals surface area contributed by atoms with Crippen LogP contribution in [0.4, 0.5) is 0 Å². The minimum atomic E-state index is -5.32. The molecule has 5 rings (SSSR count). The molecule has 2 aliphatic rings. The summed E-state index contributed by atoms with van der Waals surface area (Å²) >= 11 is 0. The van der Waals surface area contributed by atoms with Gasteiger partial charge in [-0.25, -0.2) is 13.9 Å². The van der Waals surface area contributed by atoms with Gasteiger partial charge in [-0.05, 0) is 30.3 Å². The lowest BCUT2D eigenvalue weighted by molar-refractivity contribution is 0.0224. The van der Waals surface area contributed by atoms with Crippen molar-refractivity contribution in [1.29, 1.82) is 0 Å². The summed E-state index contributed by atoms with van der Waals surface area (Å²) in [6.45, 7) is 0. The number of aromatic hydroxyl groups is 1. The summed E-state index contributed by atoms with van der Waals surface area (Å²) in [5.74, 6) is -0.807. The number of phosphoric acid groups is 2. The van der Waals surface area contributed by atoms with E-state index in [4.69, 9.17) is 23.8 Å². The second-order valence-electron chi connectivity index (χ2n) is 7.19. The van der Waals surface area contributed by atoms with Gasteiger partial charge >= 0.3 is 21.6 Å². The van der Waals surface area contributed by atoms with Crippen LogP contribution >= 0.6 is 15.6 Å². The Bertz CT molecular complexity index is 1430. The Balaban J connectivity index is 0.00000152. The van der Waals surface area contributed by atoms with Crippen molar-refractivity contribution in [3.05, 3.63) is 82.9 Å². The normalized spacial score (nSPS) is 18.5. The fourth-order valence-electron chi connectivity index (χ4n) is 3.99. The van der Waals surface area contributed by atoms with Crippen LogP contribution in [0.3, 0.4) is 0 Å². The Morgan fingerprint density at radius 2 is 1.42 bits per heavy atom. The lowest BCUT2D eigenvalue weighted by Gasteiger charge is -2.36. The molecule has 1 spiro atoms. The number of carbonyl (C=O) groups excluding carboxylic acids is 1. The molecule has 0 aliphatic carbocycles. The van der Waals surface area contributed by atoms with Gasteiger partial charge in [-0.15, -0.1) is 0 Å². The number of esters is 1. The third kappa shape index (κ3) is 4.73. The van der Waals surface area contributed by atoms with Crippen LogP contribution in [0, 0.1) is 0 Å². The van der Waals surface area contributed by atoms with Crippen molar-refractivity contribution in [3.63, 3.8) is 0 Å². The van der Waals surface area contributed by atoms with Crippen molar-refractivity contribution in [2.45, 2.75) is 5.60 Å². The Morgan fingerprint density at radius 1 is 0.806 bits per heavy atom. The highest BCUT2D eigenvalue weighted by Gasteiger charge is 2.53. The zero-order valence-electron chi connectivity index (χ0n) is 18.4. The Morgan fingerprint density at radius 3 is 2.08 bits per heavy atom. The fraction of sp³-hybridized carbons (Fsp3) is 0.0500. The van der Waals surface area contributed by atoms with E-state index in [1.807, 2.05) is 0 Å². The number of phenolic OH excluding ortho intramolecular Hbond substituents is 1. The van der Waals surface area contributed by atoms with Gasteiger partial charge in [0.1, 0.15) is 23.0 Å². The molecule has 3 aromatic carbocycles. The molecule has 0 saturated heterocycles. The number of carbonyl (C=O) groups is 1. The Hall–Kier alpha value is -3.29. The molecule has 0 fully saturated rings. The highest BCUT2D eigenvalue weighted by molar-refractivity contribution is 7.60. The molecule has 2 unspecified atom stereocenters. The zero-order valence-corrected chi connectivity index (χ0v) is 20.2. The average molecular weight is 543 g/mol. The summed E-state index contributed by atoms with van der Waals surface area (Å²) in [4.78, 5) is 40.0. The maximum absolute atomic E-state index is 12.7. The molecule has 0 bridgehead atoms. The van der Waals surface area contributed by atoms with Gasteiger partial charge in [-0.2, -0.15) is 4.31 Å². The van der Waals surface area contributed by atoms with Crippen molar-refractivity contribution in [1.82, 2.24) is 18.5 Å². The number of ether oxygens (including phenoxy) is 2. The molecule has 13 N–H and O–H groups in total. The lowest BCUT2D eigenvalue weighted by Crippen LogP contribution is -2.32. The molecule has 0 aromatic heterocycles. The van der Waals surface area contributed by atoms with Gasteiger partial charge < -0.3 is 47.3 Å². The summed E-state index contributed by atoms with van der Waals surface area (Å²) < 4.78 is 43.2. The molecular weight excluding hydrogens is 520 g/mol. The first-order valence-electron chi connectivity index (χ1n) is 9.26. The van der Waals surface area contributed by atoms with Crippen LogP contribution in [0.15, 0.2) is 60.7 Å². The van der Waals surface area contributed by atoms with E-state index in [1.54, 1.807) is 30.3 Å². The van der Waals surface area contributed by atoms with E-state index in [2.05, 4.69) is 4.31 Å². The first kappa shape index (κ1) is 28.9. The SMILES string of the molecule is N.N.N.O=C1OC2(c3ccc(O)cc3Oc3cc(OP(=O)(O)OP(=O)(O)O)ccc32)c2ccccc21. The number of phosphoric ester groups is 1. The second kappa shape index (κ2) is 9.64. The van der Waals surface area contributed by atoms with E-state index in [-0.39, 0.29) is 41.4 Å². The van der Waals surface area contributed by atoms with Crippen molar-refractivity contribution in [2.24, 2.45) is 0 Å². The molecule has 2 heterocycles. The van der Waals surface area contributed by atoms with E-state index in [9.17, 15) is 23.9 Å². The largest absolute Gasteiger partial charge is 0.536 e. The standard InChI is InChI=1S/C20H14O11P2.3H3N/c21-11-5-7-15-17(9-11)28-18-10-12(30-33(26,27)31-32(23,24)25)6-8-16(18)20(15)14-4-2-1-3-13(14)19(22)29-20;;;/h1-10,21H,(H,26,27)(H2,23,24,25);3*1H3. The molecule has 2 aliphatic heterocycles. The number of phenols is 1. The Kier molecular flexibility index (Phi) is 7.75. The predicted octanol–water partition coefficient (Wildman–Crippen LogP) is 4.03. The highest BCUT2D eigenvalue weighted by atomic mass is 31.3. The van der Waals surface area contributed by atoms with E-state index >= 15 is 0 Å². The fourth-order valence-corrected chi connectivity index (χ4v) is 5.57. The van der Waals surface area contributed by atoms with E-state index in [1.165, 1.54) is 30.3 Å². The lowest BCUT2D eigenvalue weighted by atomic mass is 9.77. The molecular formula is C20H23N3O11P2. The number of hydrogen-bond acceptors (Lipinski definition) is 11. The van der Waals surface area contributed by atoms with Gasteiger partial charge in [0.15, 0.2) is 5.60 Å². The molecule has 0 radical (unpaired) electrons. The minimum absolute atomic E-state index is 0. The molecule has 36 heavy (non-hydrogen) atoms. The van der Waals surface area contributed by atoms with Crippen LogP contribution < -0.4 is 27.7 Å². The summed E-state index contributed by atoms with van der Waals surface area (Å²) in [6.07, 6.45) is 0. The van der Waals surface area contributed by atoms with Crippen LogP contribution in [0.5, 0.6) is 23.0 Å². The number of hydrogen-bond donors (Lipinski definition) is 7. The summed E-state index contributed by atoms with van der Waals surface area (Å²) in [7, 11) is -10.5. The van der Waals surface area contributed by atoms with Gasteiger partial charge in [0.05, 0.1) is 5.56 Å². The van der Waals surface area contributed by atoms with E-state index in [0.717, 1.165) is 0 Å². The van der Waals surface area contributed by atoms with Crippen molar-refractivity contribution >= 4 is 21.6 Å². The van der Waals surface area contributed by atoms with Crippen molar-refractivity contribution in [3.8, 4) is 23.0 Å². The quantitative estimate of drug-likeness (QED) is 0.181. The van der Waals surface area contributed by atoms with Crippen LogP contribution in [0.2, 0.25) is 0 Å². The van der Waals surface area contributed by atoms with Crippen molar-refractivity contribution in [2.75, 3.05) is 0 Å². The van der Waals surface area contributed by atoms with Crippen LogP contribution in [0.25, 0.3) is 0 Å². The zero-order chi connectivity index (χ0) is 23.6. The number of rotatable bonds is 4. The number of fused-ring (bicyclic) bond motifs is 6. The summed E-state index contributed by atoms with van der Waals surface area (Å²) in [6, 6.07) is 14.9. The molecule has 16 heteroatoms. The molecule has 0 amide bonds. The molecule has 14 nitrogen and oxygen atoms in total. The smallest absolute Gasteiger partial charge is 0.508 e. The second-order valence-corrected chi connectivity index (χ2v) is 9.94. The maximum Gasteiger partial charge on any atom is 0.536 e. The topological polar surface area (TPSA) is 274 Å². The highest BCUT2D eigenvalue weighted by Crippen LogP contribution is 2.60. The minimum Gasteiger partial charge on any atom is -0.508 e. The van der Waals surface area contributed by atoms with Crippen molar-refractivity contribution < 1.29 is 52.0 Å². The first-order valence-corrected chi connectivity index (χ1v) is 12.3. The van der Waals surface area contributed by atoms with Gasteiger partial charge in [0, 0.05) is 28.8 Å². The summed E-state index contributed by atoms with van der Waals surface area (Å²) in [5, 5.41) is 9.96. The Labute approximate surface area is 204 Å². The van der Waals surface area contributed by atoms with Gasteiger partial charge in [-0.1, -0.05) is 18.2 Å². The predicted molar refractivity (Wildman–Crippen MR) is 125 cm³/mol.